The van der Waals surface area contributed by atoms with Crippen molar-refractivity contribution in [2.24, 2.45) is 0 Å². The van der Waals surface area contributed by atoms with Gasteiger partial charge in [0.25, 0.3) is 0 Å². The molecular weight excluding hydrogens is 292 g/mol. The van der Waals surface area contributed by atoms with Crippen LogP contribution in [0, 0.1) is 0 Å². The van der Waals surface area contributed by atoms with Crippen molar-refractivity contribution < 1.29 is 14.7 Å². The van der Waals surface area contributed by atoms with Gasteiger partial charge in [0.1, 0.15) is 6.04 Å². The molecule has 1 aliphatic rings. The van der Waals surface area contributed by atoms with Crippen molar-refractivity contribution in [1.29, 1.82) is 0 Å². The smallest absolute Gasteiger partial charge is 0.328 e. The number of carbonyl (C=O) groups excluding carboxylic acids is 1. The zero-order chi connectivity index (χ0) is 15.4. The van der Waals surface area contributed by atoms with Crippen LogP contribution in [0.3, 0.4) is 0 Å². The SMILES string of the molecule is CNC(=O)C1CCCN1c1c(Cl)cccc1/C=C/C(=O)O. The van der Waals surface area contributed by atoms with Crippen LogP contribution in [0.4, 0.5) is 5.69 Å². The average molecular weight is 309 g/mol. The van der Waals surface area contributed by atoms with Gasteiger partial charge in [-0.05, 0) is 30.5 Å². The number of hydrogen-bond donors (Lipinski definition) is 2. The maximum absolute atomic E-state index is 12.0. The number of anilines is 1. The minimum atomic E-state index is -1.02. The fourth-order valence-electron chi connectivity index (χ4n) is 2.60. The van der Waals surface area contributed by atoms with Gasteiger partial charge in [0.2, 0.25) is 5.91 Å². The van der Waals surface area contributed by atoms with Gasteiger partial charge in [0, 0.05) is 19.7 Å². The number of rotatable bonds is 4. The third-order valence-electron chi connectivity index (χ3n) is 3.51. The number of carboxylic acids is 1. The Morgan fingerprint density at radius 2 is 2.24 bits per heavy atom. The number of halogens is 1. The fourth-order valence-corrected chi connectivity index (χ4v) is 2.89. The largest absolute Gasteiger partial charge is 0.478 e. The number of amides is 1. The van der Waals surface area contributed by atoms with Crippen LogP contribution in [0.5, 0.6) is 0 Å². The summed E-state index contributed by atoms with van der Waals surface area (Å²) >= 11 is 6.28. The van der Waals surface area contributed by atoms with Crippen molar-refractivity contribution in [3.63, 3.8) is 0 Å². The van der Waals surface area contributed by atoms with Crippen LogP contribution in [-0.4, -0.2) is 36.6 Å². The molecule has 1 aliphatic heterocycles. The third kappa shape index (κ3) is 3.36. The van der Waals surface area contributed by atoms with E-state index in [1.54, 1.807) is 25.2 Å². The topological polar surface area (TPSA) is 69.6 Å². The first-order chi connectivity index (χ1) is 10.0. The van der Waals surface area contributed by atoms with Gasteiger partial charge >= 0.3 is 5.97 Å². The van der Waals surface area contributed by atoms with Crippen molar-refractivity contribution in [2.75, 3.05) is 18.5 Å². The molecule has 1 aromatic rings. The summed E-state index contributed by atoms with van der Waals surface area (Å²) in [4.78, 5) is 24.6. The molecular formula is C15H17ClN2O3. The van der Waals surface area contributed by atoms with E-state index in [1.807, 2.05) is 4.90 Å². The number of likely N-dealkylation sites (N-methyl/N-ethyl adjacent to an activating group) is 1. The Hall–Kier alpha value is -2.01. The zero-order valence-corrected chi connectivity index (χ0v) is 12.4. The lowest BCUT2D eigenvalue weighted by Gasteiger charge is -2.28. The Kier molecular flexibility index (Phi) is 4.85. The Bertz CT molecular complexity index is 586. The van der Waals surface area contributed by atoms with E-state index in [-0.39, 0.29) is 11.9 Å². The van der Waals surface area contributed by atoms with Crippen LogP contribution in [0.15, 0.2) is 24.3 Å². The highest BCUT2D eigenvalue weighted by atomic mass is 35.5. The van der Waals surface area contributed by atoms with E-state index in [0.29, 0.717) is 16.3 Å². The van der Waals surface area contributed by atoms with Crippen LogP contribution in [0.2, 0.25) is 5.02 Å². The van der Waals surface area contributed by atoms with E-state index in [4.69, 9.17) is 16.7 Å². The summed E-state index contributed by atoms with van der Waals surface area (Å²) in [5.74, 6) is -1.08. The van der Waals surface area contributed by atoms with Crippen molar-refractivity contribution >= 4 is 35.2 Å². The van der Waals surface area contributed by atoms with E-state index in [9.17, 15) is 9.59 Å². The van der Waals surface area contributed by atoms with E-state index in [1.165, 1.54) is 6.08 Å². The molecule has 1 unspecified atom stereocenters. The highest BCUT2D eigenvalue weighted by molar-refractivity contribution is 6.33. The summed E-state index contributed by atoms with van der Waals surface area (Å²) in [7, 11) is 1.61. The van der Waals surface area contributed by atoms with Crippen LogP contribution >= 0.6 is 11.6 Å². The molecule has 0 aromatic heterocycles. The maximum atomic E-state index is 12.0. The molecule has 1 amide bonds. The first-order valence-corrected chi connectivity index (χ1v) is 7.10. The highest BCUT2D eigenvalue weighted by Crippen LogP contribution is 2.35. The molecule has 5 nitrogen and oxygen atoms in total. The summed E-state index contributed by atoms with van der Waals surface area (Å²) in [5, 5.41) is 12.0. The number of hydrogen-bond acceptors (Lipinski definition) is 3. The Morgan fingerprint density at radius 3 is 2.90 bits per heavy atom. The Labute approximate surface area is 128 Å². The van der Waals surface area contributed by atoms with Gasteiger partial charge < -0.3 is 15.3 Å². The quantitative estimate of drug-likeness (QED) is 0.836. The molecule has 1 fully saturated rings. The number of nitrogens with one attached hydrogen (secondary N) is 1. The molecule has 0 aliphatic carbocycles. The lowest BCUT2D eigenvalue weighted by Crippen LogP contribution is -2.42. The van der Waals surface area contributed by atoms with Gasteiger partial charge in [-0.15, -0.1) is 0 Å². The third-order valence-corrected chi connectivity index (χ3v) is 3.82. The lowest BCUT2D eigenvalue weighted by molar-refractivity contribution is -0.131. The predicted molar refractivity (Wildman–Crippen MR) is 82.6 cm³/mol. The van der Waals surface area contributed by atoms with E-state index in [0.717, 1.165) is 25.5 Å². The Balaban J connectivity index is 2.42. The number of carbonyl (C=O) groups is 2. The second-order valence-electron chi connectivity index (χ2n) is 4.81. The molecule has 0 radical (unpaired) electrons. The molecule has 21 heavy (non-hydrogen) atoms. The van der Waals surface area contributed by atoms with Crippen LogP contribution in [-0.2, 0) is 9.59 Å². The summed E-state index contributed by atoms with van der Waals surface area (Å²) < 4.78 is 0. The van der Waals surface area contributed by atoms with Crippen molar-refractivity contribution in [3.8, 4) is 0 Å². The molecule has 1 saturated heterocycles. The van der Waals surface area contributed by atoms with Crippen LogP contribution in [0.1, 0.15) is 18.4 Å². The molecule has 2 rings (SSSR count). The van der Waals surface area contributed by atoms with Gasteiger partial charge in [0.15, 0.2) is 0 Å². The zero-order valence-electron chi connectivity index (χ0n) is 11.7. The number of nitrogens with zero attached hydrogens (tertiary/aromatic N) is 1. The van der Waals surface area contributed by atoms with Gasteiger partial charge in [-0.1, -0.05) is 23.7 Å². The van der Waals surface area contributed by atoms with Crippen LogP contribution in [0.25, 0.3) is 6.08 Å². The average Bonchev–Trinajstić information content (AvgIpc) is 2.93. The van der Waals surface area contributed by atoms with Gasteiger partial charge in [0.05, 0.1) is 10.7 Å². The Morgan fingerprint density at radius 1 is 1.48 bits per heavy atom. The van der Waals surface area contributed by atoms with E-state index in [2.05, 4.69) is 5.32 Å². The monoisotopic (exact) mass is 308 g/mol. The van der Waals surface area contributed by atoms with Gasteiger partial charge in [-0.3, -0.25) is 4.79 Å². The van der Waals surface area contributed by atoms with E-state index < -0.39 is 5.97 Å². The molecule has 2 N–H and O–H groups in total. The molecule has 6 heteroatoms. The van der Waals surface area contributed by atoms with Crippen molar-refractivity contribution in [2.45, 2.75) is 18.9 Å². The summed E-state index contributed by atoms with van der Waals surface area (Å²) in [6, 6.07) is 5.03. The maximum Gasteiger partial charge on any atom is 0.328 e. The highest BCUT2D eigenvalue weighted by Gasteiger charge is 2.32. The summed E-state index contributed by atoms with van der Waals surface area (Å²) in [5.41, 5.74) is 1.41. The minimum absolute atomic E-state index is 0.0550. The lowest BCUT2D eigenvalue weighted by atomic mass is 10.1. The van der Waals surface area contributed by atoms with Gasteiger partial charge in [-0.25, -0.2) is 4.79 Å². The van der Waals surface area contributed by atoms with Gasteiger partial charge in [-0.2, -0.15) is 0 Å². The minimum Gasteiger partial charge on any atom is -0.478 e. The second kappa shape index (κ2) is 6.63. The summed E-state index contributed by atoms with van der Waals surface area (Å²) in [6.45, 7) is 0.718. The molecule has 1 heterocycles. The van der Waals surface area contributed by atoms with Crippen molar-refractivity contribution in [1.82, 2.24) is 5.32 Å². The van der Waals surface area contributed by atoms with E-state index >= 15 is 0 Å². The molecule has 1 atom stereocenters. The number of aliphatic carboxylic acids is 1. The standard InChI is InChI=1S/C15H17ClN2O3/c1-17-15(21)12-6-3-9-18(12)14-10(7-8-13(19)20)4-2-5-11(14)16/h2,4-5,7-8,12H,3,6,9H2,1H3,(H,17,21)(H,19,20)/b8-7+. The predicted octanol–water partition coefficient (Wildman–Crippen LogP) is 2.15. The summed E-state index contributed by atoms with van der Waals surface area (Å²) in [6.07, 6.45) is 4.22. The first-order valence-electron chi connectivity index (χ1n) is 6.72. The molecule has 112 valence electrons. The number of carboxylic acid groups (broad SMARTS) is 1. The molecule has 0 spiro atoms. The number of benzene rings is 1. The molecule has 0 bridgehead atoms. The van der Waals surface area contributed by atoms with Crippen LogP contribution < -0.4 is 10.2 Å². The fraction of sp³-hybridized carbons (Fsp3) is 0.333. The second-order valence-corrected chi connectivity index (χ2v) is 5.22. The first kappa shape index (κ1) is 15.4. The molecule has 1 aromatic carbocycles. The molecule has 0 saturated carbocycles. The number of para-hydroxylation sites is 1. The normalized spacial score (nSPS) is 18.2. The van der Waals surface area contributed by atoms with Crippen molar-refractivity contribution in [3.05, 3.63) is 34.9 Å².